The molecule has 29 heavy (non-hydrogen) atoms. The van der Waals surface area contributed by atoms with Crippen LogP contribution in [0.1, 0.15) is 39.1 Å². The van der Waals surface area contributed by atoms with Gasteiger partial charge in [-0.05, 0) is 0 Å². The van der Waals surface area contributed by atoms with Crippen LogP contribution in [0.3, 0.4) is 0 Å². The fraction of sp³-hybridized carbons (Fsp3) is 0.565. The van der Waals surface area contributed by atoms with Gasteiger partial charge < -0.3 is 0 Å². The minimum absolute atomic E-state index is 0.277. The summed E-state index contributed by atoms with van der Waals surface area (Å²) in [6.07, 6.45) is 0. The molecule has 0 aromatic heterocycles. The molecule has 0 unspecified atom stereocenters. The number of nitrogens with zero attached hydrogens (tertiary/aromatic N) is 2. The molecule has 3 atom stereocenters. The van der Waals surface area contributed by atoms with Gasteiger partial charge in [-0.15, -0.1) is 0 Å². The van der Waals surface area contributed by atoms with E-state index in [0.29, 0.717) is 25.0 Å². The topological polar surface area (TPSA) is 45.2 Å². The van der Waals surface area contributed by atoms with Gasteiger partial charge in [0.2, 0.25) is 0 Å². The number of hydrogen-bond donors (Lipinski definition) is 1. The van der Waals surface area contributed by atoms with Crippen LogP contribution in [0.5, 0.6) is 0 Å². The van der Waals surface area contributed by atoms with E-state index in [9.17, 15) is 5.11 Å². The van der Waals surface area contributed by atoms with E-state index in [1.807, 2.05) is 18.2 Å². The molecular weight excluding hydrogens is 383 g/mol. The number of aliphatic hydroxyl groups excluding tert-OH is 1. The van der Waals surface area contributed by atoms with E-state index >= 15 is 0 Å². The molecule has 5 nitrogen and oxygen atoms in total. The average Bonchev–Trinajstić information content (AvgIpc) is 3.32. The molecule has 2 aromatic carbocycles. The van der Waals surface area contributed by atoms with Gasteiger partial charge in [0.25, 0.3) is 0 Å². The number of fused-ring (bicyclic) bond motifs is 1. The zero-order valence-electron chi connectivity index (χ0n) is 17.9. The molecule has 0 aliphatic carbocycles. The summed E-state index contributed by atoms with van der Waals surface area (Å²) in [5.41, 5.74) is 0.895. The zero-order chi connectivity index (χ0) is 20.4. The summed E-state index contributed by atoms with van der Waals surface area (Å²) in [7, 11) is -3.59. The quantitative estimate of drug-likeness (QED) is 0.728. The molecule has 3 heterocycles. The van der Waals surface area contributed by atoms with Crippen molar-refractivity contribution in [3.63, 3.8) is 0 Å². The maximum atomic E-state index is 12.0. The molecule has 3 aliphatic heterocycles. The Morgan fingerprint density at radius 1 is 0.862 bits per heavy atom. The van der Waals surface area contributed by atoms with Gasteiger partial charge in [-0.3, -0.25) is 0 Å². The van der Waals surface area contributed by atoms with Crippen LogP contribution in [0.2, 0.25) is 0 Å². The molecule has 5 rings (SSSR count). The first-order valence-corrected chi connectivity index (χ1v) is 13.0. The van der Waals surface area contributed by atoms with Gasteiger partial charge in [0.1, 0.15) is 0 Å². The molecule has 158 valence electrons. The van der Waals surface area contributed by atoms with Gasteiger partial charge in [0.15, 0.2) is 0 Å². The van der Waals surface area contributed by atoms with E-state index in [1.54, 1.807) is 0 Å². The van der Waals surface area contributed by atoms with Crippen molar-refractivity contribution in [3.05, 3.63) is 48.0 Å². The third-order valence-electron chi connectivity index (χ3n) is 7.27. The van der Waals surface area contributed by atoms with Crippen molar-refractivity contribution in [1.29, 1.82) is 0 Å². The molecule has 6 heteroatoms. The zero-order valence-corrected chi connectivity index (χ0v) is 18.8. The Labute approximate surface area is 173 Å². The summed E-state index contributed by atoms with van der Waals surface area (Å²) >= 11 is 0. The monoisotopic (exact) mass is 416 g/mol. The van der Waals surface area contributed by atoms with E-state index in [1.165, 1.54) is 5.39 Å². The van der Waals surface area contributed by atoms with Crippen LogP contribution in [0, 0.1) is 11.8 Å². The Hall–Kier alpha value is -1.07. The minimum atomic E-state index is -3.59. The molecule has 3 fully saturated rings. The summed E-state index contributed by atoms with van der Waals surface area (Å²) in [5.74, 6) is 0.101. The second kappa shape index (κ2) is 6.71. The molecule has 0 amide bonds. The average molecular weight is 417 g/mol. The van der Waals surface area contributed by atoms with Crippen molar-refractivity contribution >= 4 is 18.1 Å². The first-order valence-electron chi connectivity index (χ1n) is 10.9. The summed E-state index contributed by atoms with van der Waals surface area (Å²) in [6, 6.07) is 15.1. The Morgan fingerprint density at radius 2 is 1.41 bits per heavy atom. The first-order chi connectivity index (χ1) is 13.9. The van der Waals surface area contributed by atoms with E-state index in [0.717, 1.165) is 24.0 Å². The van der Waals surface area contributed by atoms with Crippen molar-refractivity contribution in [2.24, 2.45) is 11.8 Å². The standard InChI is InChI=1S/C23H33N2O3P/c1-16(2)21-14-27-29(24(21)11-12-25(29)22(15-28-29)17(3)4)23(26)20-10-9-18-7-5-6-8-19(18)13-20/h5-10,13,16-17,21-23,26H,11-12,14-15H2,1-4H3/t21-,22-,23+/m1/s1. The molecule has 0 radical (unpaired) electrons. The van der Waals surface area contributed by atoms with Gasteiger partial charge in [-0.25, -0.2) is 0 Å². The maximum absolute atomic E-state index is 12.0. The van der Waals surface area contributed by atoms with Crippen LogP contribution in [0.15, 0.2) is 42.5 Å². The van der Waals surface area contributed by atoms with Crippen LogP contribution in [-0.2, 0) is 9.05 Å². The van der Waals surface area contributed by atoms with E-state index in [-0.39, 0.29) is 12.1 Å². The molecular formula is C23H33N2O3P. The van der Waals surface area contributed by atoms with Gasteiger partial charge in [-0.1, -0.05) is 0 Å². The van der Waals surface area contributed by atoms with Crippen molar-refractivity contribution in [1.82, 2.24) is 9.34 Å². The van der Waals surface area contributed by atoms with Crippen molar-refractivity contribution in [2.45, 2.75) is 45.6 Å². The second-order valence-corrected chi connectivity index (χ2v) is 13.4. The number of aliphatic hydroxyl groups is 1. The fourth-order valence-electron chi connectivity index (χ4n) is 5.66. The summed E-state index contributed by atoms with van der Waals surface area (Å²) in [5, 5.41) is 14.3. The van der Waals surface area contributed by atoms with Crippen molar-refractivity contribution < 1.29 is 14.2 Å². The van der Waals surface area contributed by atoms with Gasteiger partial charge in [-0.2, -0.15) is 0 Å². The van der Waals surface area contributed by atoms with E-state index < -0.39 is 13.2 Å². The summed E-state index contributed by atoms with van der Waals surface area (Å²) < 4.78 is 18.4. The third kappa shape index (κ3) is 2.49. The number of hydrogen-bond acceptors (Lipinski definition) is 5. The van der Waals surface area contributed by atoms with Crippen molar-refractivity contribution in [3.8, 4) is 0 Å². The predicted octanol–water partition coefficient (Wildman–Crippen LogP) is 4.77. The number of benzene rings is 2. The Bertz CT molecular complexity index is 901. The van der Waals surface area contributed by atoms with Crippen LogP contribution < -0.4 is 0 Å². The van der Waals surface area contributed by atoms with E-state index in [4.69, 9.17) is 9.05 Å². The molecule has 1 spiro atoms. The summed E-state index contributed by atoms with van der Waals surface area (Å²) in [6.45, 7) is 12.0. The van der Waals surface area contributed by atoms with Crippen LogP contribution in [-0.4, -0.2) is 52.8 Å². The Balaban J connectivity index is 1.66. The Kier molecular flexibility index (Phi) is 4.60. The Morgan fingerprint density at radius 3 is 1.97 bits per heavy atom. The van der Waals surface area contributed by atoms with Crippen LogP contribution in [0.25, 0.3) is 10.8 Å². The first kappa shape index (κ1) is 19.9. The molecule has 3 saturated heterocycles. The normalized spacial score (nSPS) is 31.1. The molecule has 1 N–H and O–H groups in total. The van der Waals surface area contributed by atoms with Crippen LogP contribution >= 0.6 is 7.36 Å². The SMILES string of the molecule is CC(C)[C@H]1COP23([C@H](O)c4ccc5ccccc5c4)OC[C@H](C(C)C)N2CCN13. The molecule has 2 aromatic rings. The van der Waals surface area contributed by atoms with E-state index in [2.05, 4.69) is 61.3 Å². The van der Waals surface area contributed by atoms with Crippen molar-refractivity contribution in [2.75, 3.05) is 26.3 Å². The summed E-state index contributed by atoms with van der Waals surface area (Å²) in [4.78, 5) is 0. The molecule has 0 bridgehead atoms. The fourth-order valence-corrected chi connectivity index (χ4v) is 11.7. The molecule has 0 saturated carbocycles. The number of rotatable bonds is 4. The van der Waals surface area contributed by atoms with Crippen LogP contribution in [0.4, 0.5) is 0 Å². The third-order valence-corrected chi connectivity index (χ3v) is 12.6. The second-order valence-electron chi connectivity index (χ2n) is 9.45. The van der Waals surface area contributed by atoms with Gasteiger partial charge >= 0.3 is 173 Å². The molecule has 3 aliphatic rings. The predicted molar refractivity (Wildman–Crippen MR) is 118 cm³/mol. The van der Waals surface area contributed by atoms with Gasteiger partial charge in [0, 0.05) is 0 Å². The van der Waals surface area contributed by atoms with Gasteiger partial charge in [0.05, 0.1) is 0 Å².